The molecule has 0 spiro atoms. The van der Waals surface area contributed by atoms with Crippen LogP contribution in [0.4, 0.5) is 0 Å². The van der Waals surface area contributed by atoms with Crippen molar-refractivity contribution in [1.82, 2.24) is 10.3 Å². The highest BCUT2D eigenvalue weighted by Gasteiger charge is 2.16. The second kappa shape index (κ2) is 4.94. The summed E-state index contributed by atoms with van der Waals surface area (Å²) in [4.78, 5) is 4.76. The average Bonchev–Trinajstić information content (AvgIpc) is 2.47. The molecule has 1 fully saturated rings. The fourth-order valence-electron chi connectivity index (χ4n) is 2.54. The molecular weight excluding hydrogens is 224 g/mol. The van der Waals surface area contributed by atoms with Crippen LogP contribution in [0.3, 0.4) is 0 Å². The Kier molecular flexibility index (Phi) is 3.15. The molecule has 3 rings (SSSR count). The van der Waals surface area contributed by atoms with E-state index in [1.807, 2.05) is 12.1 Å². The van der Waals surface area contributed by atoms with Crippen LogP contribution in [0.5, 0.6) is 5.75 Å². The van der Waals surface area contributed by atoms with Gasteiger partial charge >= 0.3 is 0 Å². The molecule has 1 unspecified atom stereocenters. The van der Waals surface area contributed by atoms with Gasteiger partial charge in [-0.05, 0) is 37.6 Å². The summed E-state index contributed by atoms with van der Waals surface area (Å²) in [5.41, 5.74) is 2.16. The lowest BCUT2D eigenvalue weighted by Gasteiger charge is -2.23. The summed E-state index contributed by atoms with van der Waals surface area (Å²) in [6.07, 6.45) is 3.75. The van der Waals surface area contributed by atoms with Crippen molar-refractivity contribution < 1.29 is 4.74 Å². The van der Waals surface area contributed by atoms with Crippen LogP contribution in [-0.2, 0) is 0 Å². The minimum atomic E-state index is 0.411. The van der Waals surface area contributed by atoms with Crippen molar-refractivity contribution in [2.75, 3.05) is 13.7 Å². The topological polar surface area (TPSA) is 34.1 Å². The molecule has 1 aliphatic heterocycles. The van der Waals surface area contributed by atoms with E-state index in [9.17, 15) is 0 Å². The average molecular weight is 242 g/mol. The Hall–Kier alpha value is -1.61. The lowest BCUT2D eigenvalue weighted by molar-refractivity contribution is 0.406. The molecule has 1 saturated heterocycles. The van der Waals surface area contributed by atoms with E-state index in [-0.39, 0.29) is 0 Å². The third-order valence-electron chi connectivity index (χ3n) is 3.59. The van der Waals surface area contributed by atoms with E-state index in [0.29, 0.717) is 6.04 Å². The minimum absolute atomic E-state index is 0.411. The zero-order chi connectivity index (χ0) is 12.4. The molecule has 3 heteroatoms. The normalized spacial score (nSPS) is 19.9. The predicted octanol–water partition coefficient (Wildman–Crippen LogP) is 3.06. The van der Waals surface area contributed by atoms with Crippen molar-refractivity contribution in [3.63, 3.8) is 0 Å². The molecule has 2 aromatic rings. The first-order chi connectivity index (χ1) is 8.86. The summed E-state index contributed by atoms with van der Waals surface area (Å²) < 4.78 is 5.25. The van der Waals surface area contributed by atoms with Crippen LogP contribution in [0.1, 0.15) is 31.0 Å². The monoisotopic (exact) mass is 242 g/mol. The molecule has 1 N–H and O–H groups in total. The predicted molar refractivity (Wildman–Crippen MR) is 72.9 cm³/mol. The summed E-state index contributed by atoms with van der Waals surface area (Å²) in [6.45, 7) is 1.10. The van der Waals surface area contributed by atoms with Crippen LogP contribution in [0.15, 0.2) is 30.3 Å². The van der Waals surface area contributed by atoms with E-state index in [1.165, 1.54) is 19.3 Å². The SMILES string of the molecule is COc1ccc2ccc(C3CCCCN3)nc2c1. The fraction of sp³-hybridized carbons (Fsp3) is 0.400. The van der Waals surface area contributed by atoms with Gasteiger partial charge in [0.05, 0.1) is 18.3 Å². The number of benzene rings is 1. The third-order valence-corrected chi connectivity index (χ3v) is 3.59. The second-order valence-corrected chi connectivity index (χ2v) is 4.80. The Labute approximate surface area is 107 Å². The number of ether oxygens (including phenoxy) is 1. The molecule has 18 heavy (non-hydrogen) atoms. The molecule has 0 amide bonds. The number of pyridine rings is 1. The van der Waals surface area contributed by atoms with E-state index < -0.39 is 0 Å². The van der Waals surface area contributed by atoms with Gasteiger partial charge in [0.2, 0.25) is 0 Å². The van der Waals surface area contributed by atoms with E-state index >= 15 is 0 Å². The van der Waals surface area contributed by atoms with Gasteiger partial charge in [-0.15, -0.1) is 0 Å². The number of hydrogen-bond acceptors (Lipinski definition) is 3. The summed E-state index contributed by atoms with van der Waals surface area (Å²) >= 11 is 0. The molecule has 0 aliphatic carbocycles. The molecule has 94 valence electrons. The standard InChI is InChI=1S/C15H18N2O/c1-18-12-7-5-11-6-8-14(17-15(11)10-12)13-4-2-3-9-16-13/h5-8,10,13,16H,2-4,9H2,1H3. The number of rotatable bonds is 2. The maximum absolute atomic E-state index is 5.25. The lowest BCUT2D eigenvalue weighted by atomic mass is 10.0. The maximum atomic E-state index is 5.25. The first kappa shape index (κ1) is 11.5. The molecule has 1 aliphatic rings. The Morgan fingerprint density at radius 1 is 1.22 bits per heavy atom. The van der Waals surface area contributed by atoms with Crippen molar-refractivity contribution in [3.05, 3.63) is 36.0 Å². The minimum Gasteiger partial charge on any atom is -0.497 e. The van der Waals surface area contributed by atoms with Crippen LogP contribution >= 0.6 is 0 Å². The van der Waals surface area contributed by atoms with Gasteiger partial charge in [0.25, 0.3) is 0 Å². The Morgan fingerprint density at radius 2 is 2.11 bits per heavy atom. The number of piperidine rings is 1. The van der Waals surface area contributed by atoms with Crippen LogP contribution < -0.4 is 10.1 Å². The molecule has 0 bridgehead atoms. The van der Waals surface area contributed by atoms with Crippen LogP contribution in [0.2, 0.25) is 0 Å². The second-order valence-electron chi connectivity index (χ2n) is 4.80. The molecular formula is C15H18N2O. The smallest absolute Gasteiger partial charge is 0.121 e. The van der Waals surface area contributed by atoms with Gasteiger partial charge in [-0.3, -0.25) is 4.98 Å². The van der Waals surface area contributed by atoms with Crippen molar-refractivity contribution in [1.29, 1.82) is 0 Å². The molecule has 3 nitrogen and oxygen atoms in total. The van der Waals surface area contributed by atoms with Gasteiger partial charge in [0, 0.05) is 17.5 Å². The van der Waals surface area contributed by atoms with Gasteiger partial charge in [-0.25, -0.2) is 0 Å². The summed E-state index contributed by atoms with van der Waals surface area (Å²) in [6, 6.07) is 10.7. The van der Waals surface area contributed by atoms with Crippen LogP contribution in [0.25, 0.3) is 10.9 Å². The first-order valence-electron chi connectivity index (χ1n) is 6.55. The zero-order valence-corrected chi connectivity index (χ0v) is 10.6. The van der Waals surface area contributed by atoms with Gasteiger partial charge in [0.15, 0.2) is 0 Å². The summed E-state index contributed by atoms with van der Waals surface area (Å²) in [5.74, 6) is 0.865. The number of fused-ring (bicyclic) bond motifs is 1. The van der Waals surface area contributed by atoms with Gasteiger partial charge < -0.3 is 10.1 Å². The Bertz CT molecular complexity index is 547. The van der Waals surface area contributed by atoms with Gasteiger partial charge in [0.1, 0.15) is 5.75 Å². The Morgan fingerprint density at radius 3 is 2.89 bits per heavy atom. The van der Waals surface area contributed by atoms with Crippen molar-refractivity contribution >= 4 is 10.9 Å². The highest BCUT2D eigenvalue weighted by molar-refractivity contribution is 5.80. The van der Waals surface area contributed by atoms with Crippen LogP contribution in [0, 0.1) is 0 Å². The van der Waals surface area contributed by atoms with Crippen LogP contribution in [-0.4, -0.2) is 18.6 Å². The molecule has 0 radical (unpaired) electrons. The molecule has 0 saturated carbocycles. The largest absolute Gasteiger partial charge is 0.497 e. The highest BCUT2D eigenvalue weighted by atomic mass is 16.5. The third kappa shape index (κ3) is 2.18. The van der Waals surface area contributed by atoms with E-state index in [2.05, 4.69) is 23.5 Å². The summed E-state index contributed by atoms with van der Waals surface area (Å²) in [5, 5.41) is 4.70. The highest BCUT2D eigenvalue weighted by Crippen LogP contribution is 2.25. The molecule has 2 heterocycles. The van der Waals surface area contributed by atoms with Gasteiger partial charge in [-0.1, -0.05) is 12.5 Å². The summed E-state index contributed by atoms with van der Waals surface area (Å²) in [7, 11) is 1.69. The quantitative estimate of drug-likeness (QED) is 0.878. The maximum Gasteiger partial charge on any atom is 0.121 e. The molecule has 1 aromatic heterocycles. The number of nitrogens with zero attached hydrogens (tertiary/aromatic N) is 1. The van der Waals surface area contributed by atoms with Crippen molar-refractivity contribution in [2.45, 2.75) is 25.3 Å². The van der Waals surface area contributed by atoms with E-state index in [1.54, 1.807) is 7.11 Å². The van der Waals surface area contributed by atoms with E-state index in [0.717, 1.165) is 28.9 Å². The number of methoxy groups -OCH3 is 1. The number of nitrogens with one attached hydrogen (secondary N) is 1. The van der Waals surface area contributed by atoms with E-state index in [4.69, 9.17) is 9.72 Å². The van der Waals surface area contributed by atoms with Crippen molar-refractivity contribution in [2.24, 2.45) is 0 Å². The van der Waals surface area contributed by atoms with Gasteiger partial charge in [-0.2, -0.15) is 0 Å². The number of aromatic nitrogens is 1. The first-order valence-corrected chi connectivity index (χ1v) is 6.55. The Balaban J connectivity index is 1.97. The van der Waals surface area contributed by atoms with Crippen molar-refractivity contribution in [3.8, 4) is 5.75 Å². The lowest BCUT2D eigenvalue weighted by Crippen LogP contribution is -2.27. The molecule has 1 atom stereocenters. The fourth-order valence-corrected chi connectivity index (χ4v) is 2.54. The molecule has 1 aromatic carbocycles. The number of hydrogen-bond donors (Lipinski definition) is 1. The zero-order valence-electron chi connectivity index (χ0n) is 10.6.